The molecule has 5 nitrogen and oxygen atoms in total. The average Bonchev–Trinajstić information content (AvgIpc) is 1.60. The van der Waals surface area contributed by atoms with Gasteiger partial charge in [-0.1, -0.05) is 0 Å². The molecule has 0 unspecified atom stereocenters. The van der Waals surface area contributed by atoms with Crippen LogP contribution in [0, 0.1) is 0 Å². The van der Waals surface area contributed by atoms with Crippen LogP contribution < -0.4 is 10.0 Å². The fourth-order valence-corrected chi connectivity index (χ4v) is 1.35. The van der Waals surface area contributed by atoms with Crippen molar-refractivity contribution < 1.29 is 13.2 Å². The van der Waals surface area contributed by atoms with Crippen molar-refractivity contribution in [2.24, 2.45) is 0 Å². The molecule has 0 aromatic rings. The molecule has 2 amide bonds. The Hall–Kier alpha value is -0.780. The highest BCUT2D eigenvalue weighted by molar-refractivity contribution is 7.90. The summed E-state index contributed by atoms with van der Waals surface area (Å²) in [4.78, 5) is 10.3. The number of hydrogen-bond acceptors (Lipinski definition) is 3. The van der Waals surface area contributed by atoms with Gasteiger partial charge in [-0.3, -0.25) is 0 Å². The first-order valence-electron chi connectivity index (χ1n) is 2.38. The first-order valence-corrected chi connectivity index (χ1v) is 4.04. The summed E-state index contributed by atoms with van der Waals surface area (Å²) in [5.41, 5.74) is 0. The Labute approximate surface area is 52.5 Å². The molecule has 0 spiro atoms. The summed E-state index contributed by atoms with van der Waals surface area (Å²) < 4.78 is 22.8. The molecule has 1 rings (SSSR count). The van der Waals surface area contributed by atoms with Crippen molar-refractivity contribution >= 4 is 16.1 Å². The van der Waals surface area contributed by atoms with Crippen LogP contribution in [-0.2, 0) is 10.0 Å². The van der Waals surface area contributed by atoms with E-state index >= 15 is 0 Å². The fraction of sp³-hybridized carbons (Fsp3) is 0.667. The van der Waals surface area contributed by atoms with Crippen LogP contribution >= 0.6 is 0 Å². The van der Waals surface area contributed by atoms with Gasteiger partial charge in [-0.2, -0.15) is 0 Å². The van der Waals surface area contributed by atoms with Gasteiger partial charge >= 0.3 is 6.03 Å². The van der Waals surface area contributed by atoms with Crippen molar-refractivity contribution in [2.45, 2.75) is 0 Å². The first-order chi connectivity index (χ1) is 4.10. The second-order valence-electron chi connectivity index (χ2n) is 1.68. The van der Waals surface area contributed by atoms with Crippen LogP contribution in [0.25, 0.3) is 0 Å². The zero-order chi connectivity index (χ0) is 6.91. The van der Waals surface area contributed by atoms with Crippen molar-refractivity contribution in [1.29, 1.82) is 0 Å². The minimum atomic E-state index is -3.29. The molecule has 0 aromatic heterocycles. The monoisotopic (exact) mass is 150 g/mol. The lowest BCUT2D eigenvalue weighted by Gasteiger charge is -2.12. The predicted octanol–water partition coefficient (Wildman–Crippen LogP) is -1.37. The first kappa shape index (κ1) is 6.34. The average molecular weight is 150 g/mol. The second kappa shape index (κ2) is 1.87. The third-order valence-electron chi connectivity index (χ3n) is 0.905. The van der Waals surface area contributed by atoms with Crippen LogP contribution in [0.5, 0.6) is 0 Å². The van der Waals surface area contributed by atoms with E-state index in [-0.39, 0.29) is 12.3 Å². The second-order valence-corrected chi connectivity index (χ2v) is 3.52. The largest absolute Gasteiger partial charge is 0.336 e. The van der Waals surface area contributed by atoms with Gasteiger partial charge in [-0.05, 0) is 0 Å². The fourth-order valence-electron chi connectivity index (χ4n) is 0.527. The van der Waals surface area contributed by atoms with E-state index in [1.165, 1.54) is 0 Å². The SMILES string of the molecule is O=C1NCCS(=O)(=O)N1. The molecule has 0 aliphatic carbocycles. The maximum atomic E-state index is 10.5. The Morgan fingerprint density at radius 3 is 2.44 bits per heavy atom. The highest BCUT2D eigenvalue weighted by atomic mass is 32.2. The molecule has 1 saturated heterocycles. The van der Waals surface area contributed by atoms with Crippen LogP contribution in [0.1, 0.15) is 0 Å². The van der Waals surface area contributed by atoms with Gasteiger partial charge in [-0.15, -0.1) is 0 Å². The Balaban J connectivity index is 2.73. The number of urea groups is 1. The zero-order valence-corrected chi connectivity index (χ0v) is 5.36. The van der Waals surface area contributed by atoms with Crippen molar-refractivity contribution in [1.82, 2.24) is 10.0 Å². The van der Waals surface area contributed by atoms with Crippen molar-refractivity contribution in [2.75, 3.05) is 12.3 Å². The normalized spacial score (nSPS) is 24.2. The summed E-state index contributed by atoms with van der Waals surface area (Å²) in [6, 6.07) is -0.638. The zero-order valence-electron chi connectivity index (χ0n) is 4.55. The van der Waals surface area contributed by atoms with Gasteiger partial charge in [-0.25, -0.2) is 17.9 Å². The topological polar surface area (TPSA) is 75.3 Å². The maximum absolute atomic E-state index is 10.5. The summed E-state index contributed by atoms with van der Waals surface area (Å²) >= 11 is 0. The van der Waals surface area contributed by atoms with Crippen LogP contribution in [0.4, 0.5) is 4.79 Å². The summed E-state index contributed by atoms with van der Waals surface area (Å²) in [7, 11) is -3.29. The van der Waals surface area contributed by atoms with E-state index in [1.807, 2.05) is 0 Å². The van der Waals surface area contributed by atoms with E-state index in [9.17, 15) is 13.2 Å². The van der Waals surface area contributed by atoms with E-state index in [2.05, 4.69) is 5.32 Å². The molecule has 9 heavy (non-hydrogen) atoms. The molecular weight excluding hydrogens is 144 g/mol. The number of rotatable bonds is 0. The minimum Gasteiger partial charge on any atom is -0.336 e. The molecule has 1 aliphatic rings. The van der Waals surface area contributed by atoms with Gasteiger partial charge in [0.15, 0.2) is 0 Å². The lowest BCUT2D eigenvalue weighted by Crippen LogP contribution is -2.48. The third kappa shape index (κ3) is 1.56. The van der Waals surface area contributed by atoms with E-state index in [1.54, 1.807) is 4.72 Å². The van der Waals surface area contributed by atoms with Gasteiger partial charge in [0.1, 0.15) is 0 Å². The smallest absolute Gasteiger partial charge is 0.328 e. The Kier molecular flexibility index (Phi) is 1.32. The number of nitrogens with one attached hydrogen (secondary N) is 2. The highest BCUT2D eigenvalue weighted by Gasteiger charge is 2.18. The van der Waals surface area contributed by atoms with Gasteiger partial charge in [0.2, 0.25) is 10.0 Å². The number of hydrogen-bond donors (Lipinski definition) is 2. The predicted molar refractivity (Wildman–Crippen MR) is 30.3 cm³/mol. The number of carbonyl (C=O) groups excluding carboxylic acids is 1. The van der Waals surface area contributed by atoms with E-state index in [0.29, 0.717) is 0 Å². The molecule has 2 N–H and O–H groups in total. The standard InChI is InChI=1S/C3H6N2O3S/c6-3-4-1-2-9(7,8)5-3/h1-2H2,(H2,4,5,6). The van der Waals surface area contributed by atoms with Gasteiger partial charge < -0.3 is 5.32 Å². The van der Waals surface area contributed by atoms with Crippen molar-refractivity contribution in [3.05, 3.63) is 0 Å². The summed E-state index contributed by atoms with van der Waals surface area (Å²) in [6.45, 7) is 0.203. The maximum Gasteiger partial charge on any atom is 0.328 e. The van der Waals surface area contributed by atoms with Crippen LogP contribution in [0.15, 0.2) is 0 Å². The van der Waals surface area contributed by atoms with E-state index in [4.69, 9.17) is 0 Å². The number of sulfonamides is 1. The molecular formula is C3H6N2O3S. The summed E-state index contributed by atoms with van der Waals surface area (Å²) in [6.07, 6.45) is 0. The molecule has 1 fully saturated rings. The molecule has 0 saturated carbocycles. The third-order valence-corrected chi connectivity index (χ3v) is 2.14. The number of carbonyl (C=O) groups is 1. The summed E-state index contributed by atoms with van der Waals surface area (Å²) in [5.74, 6) is -0.0290. The van der Waals surface area contributed by atoms with Gasteiger partial charge in [0, 0.05) is 6.54 Å². The summed E-state index contributed by atoms with van der Waals surface area (Å²) in [5, 5.41) is 2.31. The molecule has 0 aromatic carbocycles. The van der Waals surface area contributed by atoms with Crippen LogP contribution in [0.2, 0.25) is 0 Å². The quantitative estimate of drug-likeness (QED) is 0.447. The lowest BCUT2D eigenvalue weighted by molar-refractivity contribution is 0.245. The van der Waals surface area contributed by atoms with Crippen LogP contribution in [-0.4, -0.2) is 26.7 Å². The Morgan fingerprint density at radius 1 is 1.44 bits per heavy atom. The molecule has 0 bridgehead atoms. The van der Waals surface area contributed by atoms with Crippen molar-refractivity contribution in [3.8, 4) is 0 Å². The Bertz CT molecular complexity index is 219. The number of amides is 2. The highest BCUT2D eigenvalue weighted by Crippen LogP contribution is 1.87. The molecule has 1 aliphatic heterocycles. The van der Waals surface area contributed by atoms with Gasteiger partial charge in [0.25, 0.3) is 0 Å². The lowest BCUT2D eigenvalue weighted by atomic mass is 10.7. The molecule has 6 heteroatoms. The van der Waals surface area contributed by atoms with E-state index < -0.39 is 16.1 Å². The molecule has 1 heterocycles. The Morgan fingerprint density at radius 2 is 2.11 bits per heavy atom. The minimum absolute atomic E-state index is 0.0290. The van der Waals surface area contributed by atoms with Gasteiger partial charge in [0.05, 0.1) is 5.75 Å². The molecule has 0 radical (unpaired) electrons. The van der Waals surface area contributed by atoms with Crippen molar-refractivity contribution in [3.63, 3.8) is 0 Å². The van der Waals surface area contributed by atoms with Crippen LogP contribution in [0.3, 0.4) is 0 Å². The molecule has 52 valence electrons. The molecule has 0 atom stereocenters. The van der Waals surface area contributed by atoms with E-state index in [0.717, 1.165) is 0 Å².